The Kier molecular flexibility index (Phi) is 10.5. The van der Waals surface area contributed by atoms with Crippen molar-refractivity contribution >= 4 is 30.4 Å². The standard InChI is InChI=1S/C7H7.2C3H7NO.2CH3.2ClH.6Ti/c1-7-5-3-2-4-6-7;2*1-2-3(4)5;;;;;;;;;;/h2-6H,1H2;2*2H2,1H3,(H2,4,5);2*1H3;2*1H;;;;;;/q;;;;;;;;;;;+1;+3/p-4. The Bertz CT molecular complexity index is 707. The molecule has 1 aromatic carbocycles. The summed E-state index contributed by atoms with van der Waals surface area (Å²) in [6.07, 6.45) is 0.959. The zero-order valence-corrected chi connectivity index (χ0v) is 27.0. The number of rotatable bonds is 6. The number of carbonyl (C=O) groups excluding carboxylic acids is 2. The van der Waals surface area contributed by atoms with Gasteiger partial charge in [0.2, 0.25) is 0 Å². The summed E-state index contributed by atoms with van der Waals surface area (Å²) in [5.41, 5.74) is 1.29. The summed E-state index contributed by atoms with van der Waals surface area (Å²) in [5, 5.41) is 4.96. The van der Waals surface area contributed by atoms with Crippen LogP contribution in [0.4, 0.5) is 0 Å². The quantitative estimate of drug-likeness (QED) is 0.467. The first-order valence-corrected chi connectivity index (χ1v) is 43.1. The van der Waals surface area contributed by atoms with Gasteiger partial charge in [0, 0.05) is 0 Å². The van der Waals surface area contributed by atoms with Crippen molar-refractivity contribution in [3.63, 3.8) is 0 Å². The maximum absolute atomic E-state index is 12.5. The summed E-state index contributed by atoms with van der Waals surface area (Å²) in [6, 6.07) is 10.5. The van der Waals surface area contributed by atoms with Gasteiger partial charge < -0.3 is 0 Å². The van der Waals surface area contributed by atoms with Crippen molar-refractivity contribution < 1.29 is 75.4 Å². The Labute approximate surface area is 187 Å². The minimum absolute atomic E-state index is 0.0262. The zero-order valence-electron chi connectivity index (χ0n) is 16.1. The summed E-state index contributed by atoms with van der Waals surface area (Å²) in [7, 11) is 9.05. The van der Waals surface area contributed by atoms with Gasteiger partial charge in [-0.05, 0) is 0 Å². The number of hydrogen-bond donors (Lipinski definition) is 2. The van der Waals surface area contributed by atoms with E-state index in [-0.39, 0.29) is 24.6 Å². The van der Waals surface area contributed by atoms with Crippen LogP contribution in [0.2, 0.25) is 10.5 Å². The Morgan fingerprint density at radius 1 is 1.11 bits per heavy atom. The van der Waals surface area contributed by atoms with E-state index in [0.29, 0.717) is 12.8 Å². The molecule has 145 valence electrons. The third-order valence-corrected chi connectivity index (χ3v) is 235. The van der Waals surface area contributed by atoms with Crippen LogP contribution in [-0.2, 0) is 80.2 Å². The van der Waals surface area contributed by atoms with E-state index in [0.717, 1.165) is 4.73 Å². The van der Waals surface area contributed by atoms with Crippen LogP contribution < -0.4 is 7.60 Å². The van der Waals surface area contributed by atoms with Crippen molar-refractivity contribution in [1.82, 2.24) is 7.60 Å². The molecule has 0 aliphatic carbocycles. The van der Waals surface area contributed by atoms with Crippen molar-refractivity contribution in [2.45, 2.75) is 41.9 Å². The molecule has 2 rings (SSSR count). The molecule has 0 aromatic heterocycles. The second-order valence-corrected chi connectivity index (χ2v) is 115. The predicted octanol–water partition coefficient (Wildman–Crippen LogP) is 4.22. The molecule has 4 nitrogen and oxygen atoms in total. The Morgan fingerprint density at radius 2 is 1.70 bits per heavy atom. The fraction of sp³-hybridized carbons (Fsp3) is 0.467. The van der Waals surface area contributed by atoms with E-state index in [9.17, 15) is 9.59 Å². The SMILES string of the molecule is CCC(=O)[NH][Ti]1[Ti][Ti]([CH3])([CH3])[Ti][Ti]([Cl])([Cl])([NH]C(=O)CC)[Ti]1[CH2]c1ccccc1. The van der Waals surface area contributed by atoms with Gasteiger partial charge in [0.15, 0.2) is 0 Å². The first kappa shape index (κ1) is 26.3. The average Bonchev–Trinajstić information content (AvgIpc) is 2.57. The summed E-state index contributed by atoms with van der Waals surface area (Å²) >= 11 is -4.37. The molecule has 1 aliphatic rings. The fourth-order valence-electron chi connectivity index (χ4n) is 3.08. The number of amides is 2. The second kappa shape index (κ2) is 10.8. The molecule has 1 saturated heterocycles. The number of hydrogen-bond acceptors (Lipinski definition) is 2. The topological polar surface area (TPSA) is 58.2 Å². The van der Waals surface area contributed by atoms with E-state index in [2.05, 4.69) is 42.3 Å². The van der Waals surface area contributed by atoms with Crippen molar-refractivity contribution in [3.05, 3.63) is 35.9 Å². The van der Waals surface area contributed by atoms with Crippen LogP contribution in [0, 0.1) is 0 Å². The van der Waals surface area contributed by atoms with E-state index < -0.39 is 53.1 Å². The van der Waals surface area contributed by atoms with Gasteiger partial charge >= 0.3 is 191 Å². The zero-order chi connectivity index (χ0) is 20.3. The predicted molar refractivity (Wildman–Crippen MR) is 90.4 cm³/mol. The van der Waals surface area contributed by atoms with Crippen LogP contribution in [0.3, 0.4) is 0 Å². The summed E-state index contributed by atoms with van der Waals surface area (Å²) in [6.45, 7) is 3.79. The molecule has 1 fully saturated rings. The number of benzene rings is 1. The van der Waals surface area contributed by atoms with E-state index in [1.54, 1.807) is 0 Å². The number of nitrogens with one attached hydrogen (secondary N) is 2. The molecule has 2 N–H and O–H groups in total. The number of halogens is 2. The fourth-order valence-corrected chi connectivity index (χ4v) is 541. The molecule has 0 bridgehead atoms. The van der Waals surface area contributed by atoms with E-state index in [4.69, 9.17) is 18.6 Å². The summed E-state index contributed by atoms with van der Waals surface area (Å²) in [4.78, 5) is 24.8. The molecule has 12 heteroatoms. The Balaban J connectivity index is 2.49. The molecular formula is C15H25Cl2N2O2Ti6. The van der Waals surface area contributed by atoms with Crippen LogP contribution in [-0.4, -0.2) is 11.8 Å². The molecule has 0 atom stereocenters. The molecule has 27 heavy (non-hydrogen) atoms. The van der Waals surface area contributed by atoms with Crippen molar-refractivity contribution in [1.29, 1.82) is 0 Å². The van der Waals surface area contributed by atoms with Crippen molar-refractivity contribution in [2.24, 2.45) is 0 Å². The van der Waals surface area contributed by atoms with Crippen LogP contribution in [0.15, 0.2) is 30.3 Å². The van der Waals surface area contributed by atoms with Gasteiger partial charge in [-0.2, -0.15) is 0 Å². The van der Waals surface area contributed by atoms with E-state index in [1.165, 1.54) is 5.56 Å². The molecule has 0 unspecified atom stereocenters. The molecule has 0 spiro atoms. The normalized spacial score (nSPS) is 21.0. The monoisotopic (exact) mass is 623 g/mol. The Morgan fingerprint density at radius 3 is 2.26 bits per heavy atom. The maximum atomic E-state index is 12.5. The number of carbonyl (C=O) groups is 2. The van der Waals surface area contributed by atoms with Gasteiger partial charge in [-0.1, -0.05) is 0 Å². The second-order valence-electron chi connectivity index (χ2n) is 7.21. The average molecular weight is 623 g/mol. The first-order valence-electron chi connectivity index (χ1n) is 9.03. The van der Waals surface area contributed by atoms with E-state index >= 15 is 0 Å². The molecular weight excluding hydrogens is 598 g/mol. The molecule has 0 saturated carbocycles. The molecule has 1 heterocycles. The van der Waals surface area contributed by atoms with Crippen LogP contribution in [0.5, 0.6) is 0 Å². The van der Waals surface area contributed by atoms with Crippen LogP contribution in [0.1, 0.15) is 32.3 Å². The van der Waals surface area contributed by atoms with Gasteiger partial charge in [-0.25, -0.2) is 0 Å². The van der Waals surface area contributed by atoms with Gasteiger partial charge in [0.25, 0.3) is 0 Å². The molecule has 2 amide bonds. The summed E-state index contributed by atoms with van der Waals surface area (Å²) < 4.78 is 7.83. The van der Waals surface area contributed by atoms with E-state index in [1.807, 2.05) is 19.9 Å². The van der Waals surface area contributed by atoms with Gasteiger partial charge in [0.1, 0.15) is 0 Å². The third-order valence-electron chi connectivity index (χ3n) is 4.29. The van der Waals surface area contributed by atoms with Crippen LogP contribution >= 0.6 is 18.6 Å². The molecule has 1 aromatic rings. The molecule has 1 aliphatic heterocycles. The van der Waals surface area contributed by atoms with Crippen LogP contribution in [0.25, 0.3) is 0 Å². The van der Waals surface area contributed by atoms with Gasteiger partial charge in [0.05, 0.1) is 0 Å². The third kappa shape index (κ3) is 7.54. The molecule has 0 radical (unpaired) electrons. The van der Waals surface area contributed by atoms with Crippen molar-refractivity contribution in [3.8, 4) is 0 Å². The minimum atomic E-state index is -4.04. The Hall–Kier alpha value is 3.03. The van der Waals surface area contributed by atoms with Crippen molar-refractivity contribution in [2.75, 3.05) is 0 Å². The van der Waals surface area contributed by atoms with Gasteiger partial charge in [-0.3, -0.25) is 0 Å². The summed E-state index contributed by atoms with van der Waals surface area (Å²) in [5.74, 6) is 0.203. The van der Waals surface area contributed by atoms with Gasteiger partial charge in [-0.15, -0.1) is 0 Å². The first-order chi connectivity index (χ1) is 12.5.